The van der Waals surface area contributed by atoms with E-state index in [1.165, 1.54) is 0 Å². The van der Waals surface area contributed by atoms with Gasteiger partial charge in [0, 0.05) is 24.2 Å². The quantitative estimate of drug-likeness (QED) is 0.907. The zero-order valence-electron chi connectivity index (χ0n) is 11.6. The van der Waals surface area contributed by atoms with Gasteiger partial charge in [0.1, 0.15) is 0 Å². The van der Waals surface area contributed by atoms with Crippen molar-refractivity contribution in [2.24, 2.45) is 0 Å². The van der Waals surface area contributed by atoms with E-state index in [-0.39, 0.29) is 11.8 Å². The monoisotopic (exact) mass is 280 g/mol. The summed E-state index contributed by atoms with van der Waals surface area (Å²) in [6.07, 6.45) is 1.16. The minimum Gasteiger partial charge on any atom is -0.348 e. The zero-order chi connectivity index (χ0) is 14.7. The highest BCUT2D eigenvalue weighted by Gasteiger charge is 2.16. The average Bonchev–Trinajstić information content (AvgIpc) is 2.53. The molecule has 21 heavy (non-hydrogen) atoms. The van der Waals surface area contributed by atoms with E-state index in [2.05, 4.69) is 10.6 Å². The number of rotatable bonds is 3. The van der Waals surface area contributed by atoms with Crippen LogP contribution < -0.4 is 10.6 Å². The highest BCUT2D eigenvalue weighted by atomic mass is 16.2. The summed E-state index contributed by atoms with van der Waals surface area (Å²) in [6.45, 7) is 0.507. The number of nitrogens with one attached hydrogen (secondary N) is 2. The zero-order valence-corrected chi connectivity index (χ0v) is 11.6. The van der Waals surface area contributed by atoms with Crippen LogP contribution in [-0.4, -0.2) is 11.8 Å². The smallest absolute Gasteiger partial charge is 0.251 e. The van der Waals surface area contributed by atoms with Crippen molar-refractivity contribution < 1.29 is 9.59 Å². The van der Waals surface area contributed by atoms with E-state index in [0.29, 0.717) is 24.9 Å². The molecule has 2 N–H and O–H groups in total. The third-order valence-electron chi connectivity index (χ3n) is 3.56. The molecule has 106 valence electrons. The molecule has 0 unspecified atom stereocenters. The summed E-state index contributed by atoms with van der Waals surface area (Å²) in [5.41, 5.74) is 3.52. The van der Waals surface area contributed by atoms with Crippen LogP contribution in [0.5, 0.6) is 0 Å². The van der Waals surface area contributed by atoms with Crippen molar-refractivity contribution in [1.29, 1.82) is 0 Å². The van der Waals surface area contributed by atoms with Crippen molar-refractivity contribution in [2.75, 3.05) is 5.32 Å². The number of hydrogen-bond donors (Lipinski definition) is 2. The number of benzene rings is 2. The molecule has 0 radical (unpaired) electrons. The van der Waals surface area contributed by atoms with Gasteiger partial charge in [0.15, 0.2) is 0 Å². The molecule has 2 aromatic carbocycles. The lowest BCUT2D eigenvalue weighted by Gasteiger charge is -2.17. The van der Waals surface area contributed by atoms with Crippen LogP contribution in [0.25, 0.3) is 0 Å². The molecule has 1 heterocycles. The molecule has 3 rings (SSSR count). The Morgan fingerprint density at radius 1 is 1.10 bits per heavy atom. The van der Waals surface area contributed by atoms with E-state index >= 15 is 0 Å². The minimum absolute atomic E-state index is 0.0313. The van der Waals surface area contributed by atoms with Gasteiger partial charge >= 0.3 is 0 Å². The fourth-order valence-corrected chi connectivity index (χ4v) is 2.40. The van der Waals surface area contributed by atoms with Crippen LogP contribution in [0.4, 0.5) is 5.69 Å². The fraction of sp³-hybridized carbons (Fsp3) is 0.176. The Labute approximate surface area is 123 Å². The lowest BCUT2D eigenvalue weighted by atomic mass is 10.00. The SMILES string of the molecule is O=C1CCc2cc(C(=O)NCc3ccccc3)ccc2N1. The Hall–Kier alpha value is -2.62. The van der Waals surface area contributed by atoms with Crippen LogP contribution in [0.1, 0.15) is 27.9 Å². The number of fused-ring (bicyclic) bond motifs is 1. The number of aryl methyl sites for hydroxylation is 1. The van der Waals surface area contributed by atoms with Gasteiger partial charge in [-0.15, -0.1) is 0 Å². The van der Waals surface area contributed by atoms with E-state index in [1.54, 1.807) is 12.1 Å². The molecule has 1 aliphatic heterocycles. The predicted octanol–water partition coefficient (Wildman–Crippen LogP) is 2.50. The van der Waals surface area contributed by atoms with Gasteiger partial charge in [-0.25, -0.2) is 0 Å². The third kappa shape index (κ3) is 3.11. The molecular weight excluding hydrogens is 264 g/mol. The summed E-state index contributed by atoms with van der Waals surface area (Å²) in [5.74, 6) is -0.0673. The molecule has 0 bridgehead atoms. The molecule has 0 spiro atoms. The average molecular weight is 280 g/mol. The largest absolute Gasteiger partial charge is 0.348 e. The molecule has 1 aliphatic rings. The van der Waals surface area contributed by atoms with Crippen molar-refractivity contribution in [3.63, 3.8) is 0 Å². The molecule has 2 aromatic rings. The minimum atomic E-state index is -0.0986. The Morgan fingerprint density at radius 2 is 1.90 bits per heavy atom. The van der Waals surface area contributed by atoms with Crippen LogP contribution in [0.3, 0.4) is 0 Å². The molecule has 0 fully saturated rings. The first-order valence-corrected chi connectivity index (χ1v) is 6.97. The van der Waals surface area contributed by atoms with Gasteiger partial charge in [0.05, 0.1) is 0 Å². The Morgan fingerprint density at radius 3 is 2.71 bits per heavy atom. The Kier molecular flexibility index (Phi) is 3.69. The molecular formula is C17H16N2O2. The number of amides is 2. The van der Waals surface area contributed by atoms with E-state index in [4.69, 9.17) is 0 Å². The number of carbonyl (C=O) groups is 2. The van der Waals surface area contributed by atoms with Crippen LogP contribution in [0.2, 0.25) is 0 Å². The van der Waals surface area contributed by atoms with Crippen LogP contribution in [-0.2, 0) is 17.8 Å². The Bertz CT molecular complexity index is 680. The van der Waals surface area contributed by atoms with E-state index in [0.717, 1.165) is 16.8 Å². The van der Waals surface area contributed by atoms with E-state index < -0.39 is 0 Å². The lowest BCUT2D eigenvalue weighted by molar-refractivity contribution is -0.116. The van der Waals surface area contributed by atoms with E-state index in [9.17, 15) is 9.59 Å². The van der Waals surface area contributed by atoms with Gasteiger partial charge in [-0.05, 0) is 35.7 Å². The number of anilines is 1. The lowest BCUT2D eigenvalue weighted by Crippen LogP contribution is -2.24. The van der Waals surface area contributed by atoms with E-state index in [1.807, 2.05) is 36.4 Å². The van der Waals surface area contributed by atoms with Gasteiger partial charge in [-0.3, -0.25) is 9.59 Å². The first-order valence-electron chi connectivity index (χ1n) is 6.97. The van der Waals surface area contributed by atoms with Gasteiger partial charge in [0.2, 0.25) is 5.91 Å². The van der Waals surface area contributed by atoms with Crippen molar-refractivity contribution in [2.45, 2.75) is 19.4 Å². The molecule has 2 amide bonds. The summed E-state index contributed by atoms with van der Waals surface area (Å²) in [4.78, 5) is 23.5. The van der Waals surface area contributed by atoms with Crippen molar-refractivity contribution >= 4 is 17.5 Å². The Balaban J connectivity index is 1.69. The summed E-state index contributed by atoms with van der Waals surface area (Å²) < 4.78 is 0. The second kappa shape index (κ2) is 5.79. The van der Waals surface area contributed by atoms with Gasteiger partial charge < -0.3 is 10.6 Å². The van der Waals surface area contributed by atoms with Crippen LogP contribution in [0, 0.1) is 0 Å². The maximum absolute atomic E-state index is 12.2. The maximum Gasteiger partial charge on any atom is 0.251 e. The molecule has 0 atom stereocenters. The first kappa shape index (κ1) is 13.4. The number of carbonyl (C=O) groups excluding carboxylic acids is 2. The molecule has 4 nitrogen and oxygen atoms in total. The molecule has 0 aliphatic carbocycles. The predicted molar refractivity (Wildman–Crippen MR) is 81.0 cm³/mol. The third-order valence-corrected chi connectivity index (χ3v) is 3.56. The summed E-state index contributed by atoms with van der Waals surface area (Å²) in [5, 5.41) is 5.72. The van der Waals surface area contributed by atoms with Crippen LogP contribution in [0.15, 0.2) is 48.5 Å². The van der Waals surface area contributed by atoms with Gasteiger partial charge in [-0.2, -0.15) is 0 Å². The maximum atomic E-state index is 12.2. The summed E-state index contributed by atoms with van der Waals surface area (Å²) in [6, 6.07) is 15.2. The highest BCUT2D eigenvalue weighted by Crippen LogP contribution is 2.23. The fourth-order valence-electron chi connectivity index (χ4n) is 2.40. The standard InChI is InChI=1S/C17H16N2O2/c20-16-9-7-13-10-14(6-8-15(13)19-16)17(21)18-11-12-4-2-1-3-5-12/h1-6,8,10H,7,9,11H2,(H,18,21)(H,19,20). The highest BCUT2D eigenvalue weighted by molar-refractivity contribution is 5.97. The molecule has 0 aromatic heterocycles. The van der Waals surface area contributed by atoms with Gasteiger partial charge in [-0.1, -0.05) is 30.3 Å². The van der Waals surface area contributed by atoms with Crippen LogP contribution >= 0.6 is 0 Å². The first-order chi connectivity index (χ1) is 10.2. The van der Waals surface area contributed by atoms with Crippen molar-refractivity contribution in [1.82, 2.24) is 5.32 Å². The molecule has 0 saturated heterocycles. The normalized spacial score (nSPS) is 13.2. The summed E-state index contributed by atoms with van der Waals surface area (Å²) >= 11 is 0. The second-order valence-corrected chi connectivity index (χ2v) is 5.09. The van der Waals surface area contributed by atoms with Crippen molar-refractivity contribution in [3.8, 4) is 0 Å². The number of hydrogen-bond acceptors (Lipinski definition) is 2. The molecule has 0 saturated carbocycles. The van der Waals surface area contributed by atoms with Crippen molar-refractivity contribution in [3.05, 3.63) is 65.2 Å². The summed E-state index contributed by atoms with van der Waals surface area (Å²) in [7, 11) is 0. The second-order valence-electron chi connectivity index (χ2n) is 5.09. The molecule has 4 heteroatoms. The topological polar surface area (TPSA) is 58.2 Å². The van der Waals surface area contributed by atoms with Gasteiger partial charge in [0.25, 0.3) is 5.91 Å².